The van der Waals surface area contributed by atoms with Crippen LogP contribution >= 0.6 is 11.6 Å². The number of benzene rings is 1. The van der Waals surface area contributed by atoms with Gasteiger partial charge in [0.2, 0.25) is 5.91 Å². The van der Waals surface area contributed by atoms with Crippen molar-refractivity contribution in [3.63, 3.8) is 0 Å². The molecule has 0 aliphatic carbocycles. The van der Waals surface area contributed by atoms with Gasteiger partial charge in [-0.15, -0.1) is 0 Å². The third kappa shape index (κ3) is 3.74. The molecule has 1 aromatic carbocycles. The number of carbonyl (C=O) groups is 2. The first-order valence-electron chi connectivity index (χ1n) is 6.81. The summed E-state index contributed by atoms with van der Waals surface area (Å²) in [5.41, 5.74) is 0.818. The van der Waals surface area contributed by atoms with Crippen LogP contribution in [0.2, 0.25) is 5.02 Å². The summed E-state index contributed by atoms with van der Waals surface area (Å²) >= 11 is 5.94. The predicted molar refractivity (Wildman–Crippen MR) is 78.4 cm³/mol. The van der Waals surface area contributed by atoms with Crippen LogP contribution in [-0.2, 0) is 14.3 Å². The van der Waals surface area contributed by atoms with Gasteiger partial charge in [-0.05, 0) is 31.5 Å². The van der Waals surface area contributed by atoms with Crippen LogP contribution in [0.5, 0.6) is 0 Å². The fraction of sp³-hybridized carbons (Fsp3) is 0.467. The summed E-state index contributed by atoms with van der Waals surface area (Å²) in [7, 11) is 0. The number of hydrogen-bond acceptors (Lipinski definition) is 3. The third-order valence-corrected chi connectivity index (χ3v) is 3.80. The average Bonchev–Trinajstić information content (AvgIpc) is 2.45. The van der Waals surface area contributed by atoms with Crippen LogP contribution in [0.1, 0.15) is 25.3 Å². The minimum Gasteiger partial charge on any atom is -0.479 e. The Balaban J connectivity index is 2.13. The molecule has 0 aromatic heterocycles. The van der Waals surface area contributed by atoms with Gasteiger partial charge < -0.3 is 14.7 Å². The van der Waals surface area contributed by atoms with Crippen LogP contribution in [0.3, 0.4) is 0 Å². The Morgan fingerprint density at radius 2 is 2.14 bits per heavy atom. The van der Waals surface area contributed by atoms with Gasteiger partial charge >= 0.3 is 5.97 Å². The van der Waals surface area contributed by atoms with Gasteiger partial charge in [0.25, 0.3) is 0 Å². The van der Waals surface area contributed by atoms with Crippen molar-refractivity contribution in [2.75, 3.05) is 13.1 Å². The van der Waals surface area contributed by atoms with Gasteiger partial charge in [-0.3, -0.25) is 4.79 Å². The molecule has 1 aromatic rings. The Bertz CT molecular complexity index is 548. The Hall–Kier alpha value is -1.59. The van der Waals surface area contributed by atoms with Crippen molar-refractivity contribution in [1.29, 1.82) is 0 Å². The molecule has 0 spiro atoms. The molecule has 0 bridgehead atoms. The number of hydrogen-bond donors (Lipinski definition) is 1. The summed E-state index contributed by atoms with van der Waals surface area (Å²) in [5.74, 6) is -1.53. The first kappa shape index (κ1) is 15.8. The lowest BCUT2D eigenvalue weighted by atomic mass is 9.99. The summed E-state index contributed by atoms with van der Waals surface area (Å²) in [6.45, 7) is 4.03. The van der Waals surface area contributed by atoms with Crippen molar-refractivity contribution in [3.8, 4) is 0 Å². The minimum absolute atomic E-state index is 0.0728. The van der Waals surface area contributed by atoms with Gasteiger partial charge in [-0.1, -0.05) is 23.7 Å². The second-order valence-electron chi connectivity index (χ2n) is 5.29. The van der Waals surface area contributed by atoms with E-state index in [0.29, 0.717) is 11.6 Å². The average molecular weight is 312 g/mol. The molecule has 2 unspecified atom stereocenters. The van der Waals surface area contributed by atoms with E-state index in [0.717, 1.165) is 5.56 Å². The van der Waals surface area contributed by atoms with Crippen molar-refractivity contribution < 1.29 is 19.4 Å². The van der Waals surface area contributed by atoms with Gasteiger partial charge in [0.05, 0.1) is 18.6 Å². The molecule has 0 radical (unpaired) electrons. The smallest absolute Gasteiger partial charge is 0.334 e. The van der Waals surface area contributed by atoms with E-state index in [9.17, 15) is 9.59 Å². The Morgan fingerprint density at radius 1 is 1.43 bits per heavy atom. The molecule has 1 aliphatic rings. The second kappa shape index (κ2) is 6.45. The second-order valence-corrected chi connectivity index (χ2v) is 5.73. The first-order valence-corrected chi connectivity index (χ1v) is 7.18. The number of morpholine rings is 1. The van der Waals surface area contributed by atoms with E-state index in [-0.39, 0.29) is 24.5 Å². The highest BCUT2D eigenvalue weighted by Crippen LogP contribution is 2.23. The molecule has 1 saturated heterocycles. The number of carboxylic acids is 1. The normalized spacial score (nSPS) is 23.7. The topological polar surface area (TPSA) is 66.8 Å². The highest BCUT2D eigenvalue weighted by atomic mass is 35.5. The van der Waals surface area contributed by atoms with Crippen LogP contribution in [0.15, 0.2) is 24.3 Å². The van der Waals surface area contributed by atoms with Crippen molar-refractivity contribution in [2.45, 2.75) is 32.0 Å². The van der Waals surface area contributed by atoms with Crippen molar-refractivity contribution >= 4 is 23.5 Å². The fourth-order valence-electron chi connectivity index (χ4n) is 2.46. The summed E-state index contributed by atoms with van der Waals surface area (Å²) in [6.07, 6.45) is -1.26. The zero-order valence-electron chi connectivity index (χ0n) is 12.0. The van der Waals surface area contributed by atoms with Gasteiger partial charge in [0.1, 0.15) is 0 Å². The molecule has 6 heteroatoms. The number of carboxylic acid groups (broad SMARTS) is 1. The van der Waals surface area contributed by atoms with Crippen LogP contribution in [0, 0.1) is 0 Å². The highest BCUT2D eigenvalue weighted by molar-refractivity contribution is 6.30. The quantitative estimate of drug-likeness (QED) is 0.928. The SMILES string of the molecule is CC(C(=O)N1CC(C(=O)O)O[C@H](C)C1)c1cccc(Cl)c1. The van der Waals surface area contributed by atoms with Gasteiger partial charge in [0.15, 0.2) is 6.10 Å². The van der Waals surface area contributed by atoms with E-state index >= 15 is 0 Å². The lowest BCUT2D eigenvalue weighted by molar-refractivity contribution is -0.166. The molecule has 1 fully saturated rings. The van der Waals surface area contributed by atoms with Crippen LogP contribution in [-0.4, -0.2) is 47.2 Å². The van der Waals surface area contributed by atoms with Gasteiger partial charge in [-0.2, -0.15) is 0 Å². The Labute approximate surface area is 128 Å². The van der Waals surface area contributed by atoms with Crippen molar-refractivity contribution in [1.82, 2.24) is 4.90 Å². The lowest BCUT2D eigenvalue weighted by Gasteiger charge is -2.36. The van der Waals surface area contributed by atoms with Crippen molar-refractivity contribution in [3.05, 3.63) is 34.9 Å². The number of ether oxygens (including phenoxy) is 1. The molecule has 1 heterocycles. The maximum Gasteiger partial charge on any atom is 0.334 e. The van der Waals surface area contributed by atoms with E-state index in [1.807, 2.05) is 6.07 Å². The highest BCUT2D eigenvalue weighted by Gasteiger charge is 2.34. The van der Waals surface area contributed by atoms with Crippen LogP contribution < -0.4 is 0 Å². The number of carbonyl (C=O) groups excluding carboxylic acids is 1. The van der Waals surface area contributed by atoms with E-state index in [1.54, 1.807) is 36.9 Å². The number of aliphatic carboxylic acids is 1. The Morgan fingerprint density at radius 3 is 2.76 bits per heavy atom. The van der Waals surface area contributed by atoms with E-state index < -0.39 is 12.1 Å². The summed E-state index contributed by atoms with van der Waals surface area (Å²) in [4.78, 5) is 25.2. The molecular formula is C15H18ClNO4. The summed E-state index contributed by atoms with van der Waals surface area (Å²) in [6, 6.07) is 7.14. The monoisotopic (exact) mass is 311 g/mol. The van der Waals surface area contributed by atoms with E-state index in [1.165, 1.54) is 0 Å². The van der Waals surface area contributed by atoms with E-state index in [4.69, 9.17) is 21.4 Å². The molecule has 0 saturated carbocycles. The van der Waals surface area contributed by atoms with E-state index in [2.05, 4.69) is 0 Å². The first-order chi connectivity index (χ1) is 9.88. The van der Waals surface area contributed by atoms with Crippen LogP contribution in [0.25, 0.3) is 0 Å². The molecule has 21 heavy (non-hydrogen) atoms. The zero-order valence-corrected chi connectivity index (χ0v) is 12.7. The van der Waals surface area contributed by atoms with Crippen molar-refractivity contribution in [2.24, 2.45) is 0 Å². The number of amides is 1. The zero-order chi connectivity index (χ0) is 15.6. The number of halogens is 1. The maximum absolute atomic E-state index is 12.6. The number of rotatable bonds is 3. The largest absolute Gasteiger partial charge is 0.479 e. The third-order valence-electron chi connectivity index (χ3n) is 3.57. The molecule has 1 N–H and O–H groups in total. The standard InChI is InChI=1S/C15H18ClNO4/c1-9-7-17(8-13(21-9)15(19)20)14(18)10(2)11-4-3-5-12(16)6-11/h3-6,9-10,13H,7-8H2,1-2H3,(H,19,20)/t9-,10?,13?/m1/s1. The van der Waals surface area contributed by atoms with Gasteiger partial charge in [-0.25, -0.2) is 4.79 Å². The molecule has 1 aliphatic heterocycles. The molecule has 1 amide bonds. The molecule has 3 atom stereocenters. The number of nitrogens with zero attached hydrogens (tertiary/aromatic N) is 1. The summed E-state index contributed by atoms with van der Waals surface area (Å²) in [5, 5.41) is 9.64. The predicted octanol–water partition coefficient (Wildman–Crippen LogP) is 2.14. The molecule has 114 valence electrons. The summed E-state index contributed by atoms with van der Waals surface area (Å²) < 4.78 is 5.32. The molecule has 5 nitrogen and oxygen atoms in total. The Kier molecular flexibility index (Phi) is 4.85. The van der Waals surface area contributed by atoms with Crippen LogP contribution in [0.4, 0.5) is 0 Å². The fourth-order valence-corrected chi connectivity index (χ4v) is 2.66. The minimum atomic E-state index is -1.05. The molecular weight excluding hydrogens is 294 g/mol. The molecule has 2 rings (SSSR count). The maximum atomic E-state index is 12.6. The lowest BCUT2D eigenvalue weighted by Crippen LogP contribution is -2.52. The van der Waals surface area contributed by atoms with Gasteiger partial charge in [0, 0.05) is 11.6 Å².